The van der Waals surface area contributed by atoms with E-state index in [-0.39, 0.29) is 5.91 Å². The molecule has 86 valence electrons. The SMILES string of the molecule is CCNC(=O)CCNCC1(C2CC2)CC1. The van der Waals surface area contributed by atoms with Gasteiger partial charge in [0.25, 0.3) is 0 Å². The Morgan fingerprint density at radius 1 is 1.40 bits per heavy atom. The van der Waals surface area contributed by atoms with Crippen LogP contribution in [0.5, 0.6) is 0 Å². The lowest BCUT2D eigenvalue weighted by Gasteiger charge is -2.14. The molecule has 0 atom stereocenters. The van der Waals surface area contributed by atoms with Crippen LogP contribution in [-0.4, -0.2) is 25.5 Å². The second-order valence-electron chi connectivity index (χ2n) is 5.02. The molecule has 15 heavy (non-hydrogen) atoms. The van der Waals surface area contributed by atoms with E-state index in [2.05, 4.69) is 10.6 Å². The molecule has 2 aliphatic rings. The number of nitrogens with one attached hydrogen (secondary N) is 2. The van der Waals surface area contributed by atoms with Crippen LogP contribution in [0, 0.1) is 11.3 Å². The Morgan fingerprint density at radius 3 is 2.67 bits per heavy atom. The van der Waals surface area contributed by atoms with Gasteiger partial charge in [-0.3, -0.25) is 4.79 Å². The lowest BCUT2D eigenvalue weighted by atomic mass is 10.0. The van der Waals surface area contributed by atoms with E-state index in [0.717, 1.165) is 25.6 Å². The molecule has 3 heteroatoms. The predicted octanol–water partition coefficient (Wildman–Crippen LogP) is 1.29. The molecule has 1 amide bonds. The molecule has 0 heterocycles. The van der Waals surface area contributed by atoms with Gasteiger partial charge in [0, 0.05) is 26.1 Å². The van der Waals surface area contributed by atoms with Crippen molar-refractivity contribution in [3.8, 4) is 0 Å². The van der Waals surface area contributed by atoms with Gasteiger partial charge in [0.1, 0.15) is 0 Å². The summed E-state index contributed by atoms with van der Waals surface area (Å²) in [5.74, 6) is 1.18. The van der Waals surface area contributed by atoms with Gasteiger partial charge in [0.2, 0.25) is 5.91 Å². The van der Waals surface area contributed by atoms with Gasteiger partial charge in [-0.2, -0.15) is 0 Å². The zero-order chi connectivity index (χ0) is 10.7. The molecular weight excluding hydrogens is 188 g/mol. The van der Waals surface area contributed by atoms with Crippen molar-refractivity contribution in [1.29, 1.82) is 0 Å². The molecule has 2 saturated carbocycles. The first-order valence-electron chi connectivity index (χ1n) is 6.24. The smallest absolute Gasteiger partial charge is 0.221 e. The third kappa shape index (κ3) is 2.94. The first kappa shape index (κ1) is 10.9. The van der Waals surface area contributed by atoms with Crippen LogP contribution < -0.4 is 10.6 Å². The molecule has 2 fully saturated rings. The molecule has 0 bridgehead atoms. The maximum Gasteiger partial charge on any atom is 0.221 e. The van der Waals surface area contributed by atoms with Crippen LogP contribution in [-0.2, 0) is 4.79 Å². The summed E-state index contributed by atoms with van der Waals surface area (Å²) in [6.07, 6.45) is 6.32. The van der Waals surface area contributed by atoms with Gasteiger partial charge in [-0.15, -0.1) is 0 Å². The van der Waals surface area contributed by atoms with Crippen LogP contribution in [0.25, 0.3) is 0 Å². The predicted molar refractivity (Wildman–Crippen MR) is 60.6 cm³/mol. The molecule has 0 aromatic rings. The monoisotopic (exact) mass is 210 g/mol. The van der Waals surface area contributed by atoms with Gasteiger partial charge in [-0.1, -0.05) is 0 Å². The van der Waals surface area contributed by atoms with E-state index >= 15 is 0 Å². The number of amides is 1. The van der Waals surface area contributed by atoms with Crippen LogP contribution >= 0.6 is 0 Å². The second kappa shape index (κ2) is 4.52. The number of rotatable bonds is 7. The Kier molecular flexibility index (Phi) is 3.29. The quantitative estimate of drug-likeness (QED) is 0.622. The summed E-state index contributed by atoms with van der Waals surface area (Å²) >= 11 is 0. The Morgan fingerprint density at radius 2 is 2.13 bits per heavy atom. The van der Waals surface area contributed by atoms with Gasteiger partial charge >= 0.3 is 0 Å². The summed E-state index contributed by atoms with van der Waals surface area (Å²) in [6.45, 7) is 4.67. The minimum absolute atomic E-state index is 0.168. The summed E-state index contributed by atoms with van der Waals surface area (Å²) < 4.78 is 0. The lowest BCUT2D eigenvalue weighted by Crippen LogP contribution is -2.31. The highest BCUT2D eigenvalue weighted by molar-refractivity contribution is 5.75. The molecule has 0 saturated heterocycles. The summed E-state index contributed by atoms with van der Waals surface area (Å²) in [5, 5.41) is 6.25. The minimum atomic E-state index is 0.168. The maximum atomic E-state index is 11.2. The lowest BCUT2D eigenvalue weighted by molar-refractivity contribution is -0.120. The van der Waals surface area contributed by atoms with Gasteiger partial charge < -0.3 is 10.6 Å². The first-order valence-corrected chi connectivity index (χ1v) is 6.24. The highest BCUT2D eigenvalue weighted by atomic mass is 16.1. The fraction of sp³-hybridized carbons (Fsp3) is 0.917. The van der Waals surface area contributed by atoms with E-state index in [1.54, 1.807) is 0 Å². The summed E-state index contributed by atoms with van der Waals surface area (Å²) in [6, 6.07) is 0. The number of carbonyl (C=O) groups excluding carboxylic acids is 1. The Hall–Kier alpha value is -0.570. The van der Waals surface area contributed by atoms with Crippen molar-refractivity contribution in [3.63, 3.8) is 0 Å². The number of hydrogen-bond acceptors (Lipinski definition) is 2. The second-order valence-corrected chi connectivity index (χ2v) is 5.02. The van der Waals surface area contributed by atoms with E-state index in [1.807, 2.05) is 6.92 Å². The van der Waals surface area contributed by atoms with E-state index < -0.39 is 0 Å². The average Bonchev–Trinajstić information content (AvgIpc) is 3.02. The van der Waals surface area contributed by atoms with Crippen molar-refractivity contribution in [1.82, 2.24) is 10.6 Å². The van der Waals surface area contributed by atoms with Crippen LogP contribution in [0.3, 0.4) is 0 Å². The highest BCUT2D eigenvalue weighted by Crippen LogP contribution is 2.60. The fourth-order valence-corrected chi connectivity index (χ4v) is 2.41. The largest absolute Gasteiger partial charge is 0.356 e. The van der Waals surface area contributed by atoms with E-state index in [0.29, 0.717) is 11.8 Å². The molecule has 0 unspecified atom stereocenters. The third-order valence-electron chi connectivity index (χ3n) is 3.72. The molecule has 0 spiro atoms. The van der Waals surface area contributed by atoms with Crippen LogP contribution in [0.1, 0.15) is 39.0 Å². The van der Waals surface area contributed by atoms with Gasteiger partial charge in [-0.05, 0) is 43.9 Å². The minimum Gasteiger partial charge on any atom is -0.356 e. The molecule has 2 N–H and O–H groups in total. The Labute approximate surface area is 92.0 Å². The van der Waals surface area contributed by atoms with Crippen LogP contribution in [0.2, 0.25) is 0 Å². The van der Waals surface area contributed by atoms with E-state index in [1.165, 1.54) is 25.7 Å². The number of carbonyl (C=O) groups is 1. The standard InChI is InChI=1S/C12H22N2O/c1-2-14-11(15)5-8-13-9-12(6-7-12)10-3-4-10/h10,13H,2-9H2,1H3,(H,14,15). The highest BCUT2D eigenvalue weighted by Gasteiger charge is 2.53. The van der Waals surface area contributed by atoms with Crippen LogP contribution in [0.4, 0.5) is 0 Å². The van der Waals surface area contributed by atoms with Gasteiger partial charge in [-0.25, -0.2) is 0 Å². The van der Waals surface area contributed by atoms with Crippen molar-refractivity contribution in [3.05, 3.63) is 0 Å². The third-order valence-corrected chi connectivity index (χ3v) is 3.72. The molecule has 0 radical (unpaired) electrons. The fourth-order valence-electron chi connectivity index (χ4n) is 2.41. The van der Waals surface area contributed by atoms with Gasteiger partial charge in [0.15, 0.2) is 0 Å². The molecule has 3 nitrogen and oxygen atoms in total. The molecule has 0 aromatic heterocycles. The summed E-state index contributed by atoms with van der Waals surface area (Å²) in [5.41, 5.74) is 0.654. The Balaban J connectivity index is 1.53. The van der Waals surface area contributed by atoms with Crippen molar-refractivity contribution < 1.29 is 4.79 Å². The zero-order valence-electron chi connectivity index (χ0n) is 9.64. The number of hydrogen-bond donors (Lipinski definition) is 2. The normalized spacial score (nSPS) is 22.5. The topological polar surface area (TPSA) is 41.1 Å². The molecule has 0 aromatic carbocycles. The van der Waals surface area contributed by atoms with Crippen LogP contribution in [0.15, 0.2) is 0 Å². The molecular formula is C12H22N2O. The van der Waals surface area contributed by atoms with Crippen molar-refractivity contribution >= 4 is 5.91 Å². The first-order chi connectivity index (χ1) is 7.27. The summed E-state index contributed by atoms with van der Waals surface area (Å²) in [4.78, 5) is 11.2. The zero-order valence-corrected chi connectivity index (χ0v) is 9.64. The molecule has 2 aliphatic carbocycles. The Bertz CT molecular complexity index is 232. The molecule has 0 aliphatic heterocycles. The van der Waals surface area contributed by atoms with Crippen molar-refractivity contribution in [2.75, 3.05) is 19.6 Å². The summed E-state index contributed by atoms with van der Waals surface area (Å²) in [7, 11) is 0. The van der Waals surface area contributed by atoms with Crippen molar-refractivity contribution in [2.45, 2.75) is 39.0 Å². The van der Waals surface area contributed by atoms with Crippen molar-refractivity contribution in [2.24, 2.45) is 11.3 Å². The average molecular weight is 210 g/mol. The van der Waals surface area contributed by atoms with Gasteiger partial charge in [0.05, 0.1) is 0 Å². The van der Waals surface area contributed by atoms with E-state index in [9.17, 15) is 4.79 Å². The maximum absolute atomic E-state index is 11.2. The van der Waals surface area contributed by atoms with E-state index in [4.69, 9.17) is 0 Å². The molecule has 2 rings (SSSR count).